The molecule has 1 heteroatoms. The smallest absolute Gasteiger partial charge is 0.00146 e. The van der Waals surface area contributed by atoms with E-state index in [1.54, 1.807) is 0 Å². The Morgan fingerprint density at radius 1 is 1.05 bits per heavy atom. The van der Waals surface area contributed by atoms with Crippen molar-refractivity contribution in [3.8, 4) is 0 Å². The van der Waals surface area contributed by atoms with E-state index in [0.717, 1.165) is 24.3 Å². The van der Waals surface area contributed by atoms with Crippen LogP contribution in [0.15, 0.2) is 24.3 Å². The van der Waals surface area contributed by atoms with Crippen LogP contribution in [-0.4, -0.2) is 13.1 Å². The Kier molecular flexibility index (Phi) is 6.09. The molecule has 112 valence electrons. The summed E-state index contributed by atoms with van der Waals surface area (Å²) in [7, 11) is 0. The third-order valence-electron chi connectivity index (χ3n) is 4.64. The van der Waals surface area contributed by atoms with Crippen LogP contribution in [0.3, 0.4) is 0 Å². The number of hydrogen-bond acceptors (Lipinski definition) is 1. The molecule has 1 aromatic carbocycles. The van der Waals surface area contributed by atoms with Crippen LogP contribution in [0, 0.1) is 24.7 Å². The highest BCUT2D eigenvalue weighted by atomic mass is 14.9. The average Bonchev–Trinajstić information content (AvgIpc) is 2.93. The molecule has 2 rings (SSSR count). The topological polar surface area (TPSA) is 12.0 Å². The first-order valence-electron chi connectivity index (χ1n) is 8.41. The maximum absolute atomic E-state index is 3.69. The molecule has 0 aromatic heterocycles. The third kappa shape index (κ3) is 4.94. The standard InChI is InChI=1S/C19H31N/c1-15(2)13-20-14-19(18-6-4-5-7-18)12-17-10-8-16(3)9-11-17/h8-11,15,18-20H,4-7,12-14H2,1-3H3. The van der Waals surface area contributed by atoms with Gasteiger partial charge in [-0.05, 0) is 49.8 Å². The first kappa shape index (κ1) is 15.6. The minimum atomic E-state index is 0.749. The normalized spacial score (nSPS) is 17.8. The Hall–Kier alpha value is -0.820. The summed E-state index contributed by atoms with van der Waals surface area (Å²) in [5, 5.41) is 3.69. The van der Waals surface area contributed by atoms with Crippen LogP contribution in [0.25, 0.3) is 0 Å². The lowest BCUT2D eigenvalue weighted by Crippen LogP contribution is -2.31. The summed E-state index contributed by atoms with van der Waals surface area (Å²) in [5.74, 6) is 2.51. The molecule has 20 heavy (non-hydrogen) atoms. The fourth-order valence-corrected chi connectivity index (χ4v) is 3.42. The molecule has 0 heterocycles. The van der Waals surface area contributed by atoms with Gasteiger partial charge in [-0.1, -0.05) is 69.4 Å². The number of benzene rings is 1. The van der Waals surface area contributed by atoms with Crippen LogP contribution in [0.5, 0.6) is 0 Å². The van der Waals surface area contributed by atoms with E-state index in [2.05, 4.69) is 50.4 Å². The van der Waals surface area contributed by atoms with Gasteiger partial charge >= 0.3 is 0 Å². The summed E-state index contributed by atoms with van der Waals surface area (Å²) in [6, 6.07) is 9.14. The quantitative estimate of drug-likeness (QED) is 0.766. The zero-order valence-corrected chi connectivity index (χ0v) is 13.5. The highest BCUT2D eigenvalue weighted by Gasteiger charge is 2.24. The zero-order chi connectivity index (χ0) is 14.4. The van der Waals surface area contributed by atoms with Gasteiger partial charge in [-0.3, -0.25) is 0 Å². The highest BCUT2D eigenvalue weighted by Crippen LogP contribution is 2.33. The van der Waals surface area contributed by atoms with Crippen molar-refractivity contribution < 1.29 is 0 Å². The van der Waals surface area contributed by atoms with Gasteiger partial charge in [0, 0.05) is 0 Å². The zero-order valence-electron chi connectivity index (χ0n) is 13.5. The van der Waals surface area contributed by atoms with Crippen molar-refractivity contribution >= 4 is 0 Å². The Bertz CT molecular complexity index is 373. The number of aryl methyl sites for hydroxylation is 1. The summed E-state index contributed by atoms with van der Waals surface area (Å²) >= 11 is 0. The van der Waals surface area contributed by atoms with Gasteiger partial charge in [0.25, 0.3) is 0 Å². The summed E-state index contributed by atoms with van der Waals surface area (Å²) in [4.78, 5) is 0. The monoisotopic (exact) mass is 273 g/mol. The van der Waals surface area contributed by atoms with Gasteiger partial charge < -0.3 is 5.32 Å². The molecule has 1 aliphatic rings. The van der Waals surface area contributed by atoms with Gasteiger partial charge in [-0.15, -0.1) is 0 Å². The highest BCUT2D eigenvalue weighted by molar-refractivity contribution is 5.21. The molecule has 0 bridgehead atoms. The number of hydrogen-bond donors (Lipinski definition) is 1. The summed E-state index contributed by atoms with van der Waals surface area (Å²) < 4.78 is 0. The van der Waals surface area contributed by atoms with E-state index in [4.69, 9.17) is 0 Å². The van der Waals surface area contributed by atoms with E-state index in [1.165, 1.54) is 49.8 Å². The van der Waals surface area contributed by atoms with Crippen LogP contribution in [-0.2, 0) is 6.42 Å². The number of rotatable bonds is 7. The van der Waals surface area contributed by atoms with Crippen LogP contribution in [0.1, 0.15) is 50.7 Å². The third-order valence-corrected chi connectivity index (χ3v) is 4.64. The largest absolute Gasteiger partial charge is 0.316 e. The van der Waals surface area contributed by atoms with Gasteiger partial charge in [-0.2, -0.15) is 0 Å². The maximum atomic E-state index is 3.69. The second-order valence-electron chi connectivity index (χ2n) is 7.05. The lowest BCUT2D eigenvalue weighted by atomic mass is 9.85. The summed E-state index contributed by atoms with van der Waals surface area (Å²) in [6.07, 6.45) is 7.02. The van der Waals surface area contributed by atoms with Gasteiger partial charge in [-0.25, -0.2) is 0 Å². The molecule has 1 fully saturated rings. The molecule has 1 unspecified atom stereocenters. The molecule has 1 saturated carbocycles. The lowest BCUT2D eigenvalue weighted by molar-refractivity contribution is 0.316. The second kappa shape index (κ2) is 7.83. The fraction of sp³-hybridized carbons (Fsp3) is 0.684. The van der Waals surface area contributed by atoms with E-state index in [-0.39, 0.29) is 0 Å². The van der Waals surface area contributed by atoms with Crippen LogP contribution in [0.2, 0.25) is 0 Å². The first-order valence-corrected chi connectivity index (χ1v) is 8.41. The van der Waals surface area contributed by atoms with Gasteiger partial charge in [0.05, 0.1) is 0 Å². The molecular weight excluding hydrogens is 242 g/mol. The molecule has 1 aromatic rings. The van der Waals surface area contributed by atoms with Crippen molar-refractivity contribution in [2.45, 2.75) is 52.9 Å². The lowest BCUT2D eigenvalue weighted by Gasteiger charge is -2.24. The molecule has 1 N–H and O–H groups in total. The SMILES string of the molecule is Cc1ccc(CC(CNCC(C)C)C2CCCC2)cc1. The van der Waals surface area contributed by atoms with Gasteiger partial charge in [0.2, 0.25) is 0 Å². The van der Waals surface area contributed by atoms with Gasteiger partial charge in [0.15, 0.2) is 0 Å². The molecule has 1 nitrogen and oxygen atoms in total. The van der Waals surface area contributed by atoms with Gasteiger partial charge in [0.1, 0.15) is 0 Å². The molecule has 0 spiro atoms. The Balaban J connectivity index is 1.92. The van der Waals surface area contributed by atoms with E-state index < -0.39 is 0 Å². The minimum absolute atomic E-state index is 0.749. The summed E-state index contributed by atoms with van der Waals surface area (Å²) in [5.41, 5.74) is 2.88. The predicted octanol–water partition coefficient (Wildman–Crippen LogP) is 4.59. The van der Waals surface area contributed by atoms with Crippen molar-refractivity contribution in [3.05, 3.63) is 35.4 Å². The number of nitrogens with one attached hydrogen (secondary N) is 1. The van der Waals surface area contributed by atoms with E-state index in [1.807, 2.05) is 0 Å². The summed E-state index contributed by atoms with van der Waals surface area (Å²) in [6.45, 7) is 9.09. The first-order chi connectivity index (χ1) is 9.65. The van der Waals surface area contributed by atoms with Crippen LogP contribution in [0.4, 0.5) is 0 Å². The molecule has 0 radical (unpaired) electrons. The van der Waals surface area contributed by atoms with Crippen LogP contribution >= 0.6 is 0 Å². The van der Waals surface area contributed by atoms with Crippen LogP contribution < -0.4 is 5.32 Å². The molecule has 1 atom stereocenters. The second-order valence-corrected chi connectivity index (χ2v) is 7.05. The molecule has 1 aliphatic carbocycles. The van der Waals surface area contributed by atoms with E-state index >= 15 is 0 Å². The fourth-order valence-electron chi connectivity index (χ4n) is 3.42. The maximum Gasteiger partial charge on any atom is -0.00146 e. The molecule has 0 amide bonds. The average molecular weight is 273 g/mol. The van der Waals surface area contributed by atoms with Crippen molar-refractivity contribution in [2.24, 2.45) is 17.8 Å². The predicted molar refractivity (Wildman–Crippen MR) is 88.0 cm³/mol. The molecule has 0 saturated heterocycles. The van der Waals surface area contributed by atoms with Crippen molar-refractivity contribution in [3.63, 3.8) is 0 Å². The van der Waals surface area contributed by atoms with Crippen molar-refractivity contribution in [1.82, 2.24) is 5.32 Å². The minimum Gasteiger partial charge on any atom is -0.316 e. The molecular formula is C19H31N. The Morgan fingerprint density at radius 2 is 1.70 bits per heavy atom. The van der Waals surface area contributed by atoms with Crippen molar-refractivity contribution in [2.75, 3.05) is 13.1 Å². The van der Waals surface area contributed by atoms with E-state index in [9.17, 15) is 0 Å². The van der Waals surface area contributed by atoms with Crippen molar-refractivity contribution in [1.29, 1.82) is 0 Å². The Labute approximate surface area is 125 Å². The van der Waals surface area contributed by atoms with E-state index in [0.29, 0.717) is 0 Å². The molecule has 0 aliphatic heterocycles. The Morgan fingerprint density at radius 3 is 2.30 bits per heavy atom.